The minimum atomic E-state index is -0.349. The van der Waals surface area contributed by atoms with Crippen LogP contribution in [0, 0.1) is 6.92 Å². The van der Waals surface area contributed by atoms with Crippen molar-refractivity contribution in [3.63, 3.8) is 0 Å². The number of carbonyl (C=O) groups is 1. The zero-order valence-corrected chi connectivity index (χ0v) is 18.0. The van der Waals surface area contributed by atoms with Crippen molar-refractivity contribution in [3.8, 4) is 22.8 Å². The maximum atomic E-state index is 13.0. The lowest BCUT2D eigenvalue weighted by molar-refractivity contribution is 0.0947. The number of rotatable bonds is 7. The van der Waals surface area contributed by atoms with E-state index in [1.807, 2.05) is 68.4 Å². The average molecular weight is 428 g/mol. The van der Waals surface area contributed by atoms with Crippen molar-refractivity contribution in [3.05, 3.63) is 100.0 Å². The molecule has 0 aliphatic carbocycles. The molecule has 0 radical (unpaired) electrons. The largest absolute Gasteiger partial charge is 0.493 e. The normalized spacial score (nSPS) is 10.7. The van der Waals surface area contributed by atoms with E-state index >= 15 is 0 Å². The van der Waals surface area contributed by atoms with Crippen molar-refractivity contribution >= 4 is 5.91 Å². The molecule has 0 saturated heterocycles. The van der Waals surface area contributed by atoms with Gasteiger partial charge >= 0.3 is 5.69 Å². The molecule has 0 atom stereocenters. The molecule has 0 saturated carbocycles. The molecule has 0 spiro atoms. The van der Waals surface area contributed by atoms with Crippen LogP contribution in [0.3, 0.4) is 0 Å². The van der Waals surface area contributed by atoms with Crippen LogP contribution < -0.4 is 15.7 Å². The maximum absolute atomic E-state index is 13.0. The highest BCUT2D eigenvalue weighted by molar-refractivity contribution is 5.98. The SMILES string of the molecule is CCOc1ccc(-c2n[nH]c(=O)n2-c2ccccc2C)cc1C(=O)NCc1ccccc1. The molecule has 1 heterocycles. The van der Waals surface area contributed by atoms with Gasteiger partial charge in [0.1, 0.15) is 5.75 Å². The standard InChI is InChI=1S/C25H24N4O3/c1-3-32-22-14-13-19(15-20(22)24(30)26-16-18-10-5-4-6-11-18)23-27-28-25(31)29(23)21-12-8-7-9-17(21)2/h4-15H,3,16H2,1-2H3,(H,26,30)(H,28,31). The van der Waals surface area contributed by atoms with Gasteiger partial charge in [0, 0.05) is 12.1 Å². The van der Waals surface area contributed by atoms with Gasteiger partial charge in [-0.15, -0.1) is 0 Å². The number of carbonyl (C=O) groups excluding carboxylic acids is 1. The van der Waals surface area contributed by atoms with Crippen molar-refractivity contribution in [2.75, 3.05) is 6.61 Å². The van der Waals surface area contributed by atoms with Crippen LogP contribution >= 0.6 is 0 Å². The van der Waals surface area contributed by atoms with Gasteiger partial charge < -0.3 is 10.1 Å². The number of amides is 1. The summed E-state index contributed by atoms with van der Waals surface area (Å²) in [6, 6.07) is 22.5. The molecule has 2 N–H and O–H groups in total. The van der Waals surface area contributed by atoms with Crippen LogP contribution in [-0.4, -0.2) is 27.3 Å². The van der Waals surface area contributed by atoms with Crippen molar-refractivity contribution in [1.29, 1.82) is 0 Å². The van der Waals surface area contributed by atoms with E-state index in [9.17, 15) is 9.59 Å². The van der Waals surface area contributed by atoms with Gasteiger partial charge in [0.15, 0.2) is 5.82 Å². The second-order valence-electron chi connectivity index (χ2n) is 7.29. The molecule has 0 unspecified atom stereocenters. The summed E-state index contributed by atoms with van der Waals surface area (Å²) < 4.78 is 7.19. The number of hydrogen-bond acceptors (Lipinski definition) is 4. The summed E-state index contributed by atoms with van der Waals surface area (Å²) in [4.78, 5) is 25.6. The van der Waals surface area contributed by atoms with Gasteiger partial charge in [-0.25, -0.2) is 14.5 Å². The number of benzene rings is 3. The highest BCUT2D eigenvalue weighted by atomic mass is 16.5. The Bertz CT molecular complexity index is 1290. The minimum Gasteiger partial charge on any atom is -0.493 e. The van der Waals surface area contributed by atoms with E-state index in [0.717, 1.165) is 16.8 Å². The Morgan fingerprint density at radius 1 is 1.06 bits per heavy atom. The van der Waals surface area contributed by atoms with Crippen LogP contribution in [0.1, 0.15) is 28.4 Å². The summed E-state index contributed by atoms with van der Waals surface area (Å²) in [7, 11) is 0. The van der Waals surface area contributed by atoms with Gasteiger partial charge in [-0.05, 0) is 49.2 Å². The minimum absolute atomic E-state index is 0.264. The van der Waals surface area contributed by atoms with Crippen molar-refractivity contribution in [2.45, 2.75) is 20.4 Å². The van der Waals surface area contributed by atoms with E-state index in [1.165, 1.54) is 4.57 Å². The average Bonchev–Trinajstić information content (AvgIpc) is 3.20. The Hall–Kier alpha value is -4.13. The first-order valence-corrected chi connectivity index (χ1v) is 10.4. The Kier molecular flexibility index (Phi) is 6.17. The molecule has 162 valence electrons. The first-order valence-electron chi connectivity index (χ1n) is 10.4. The number of nitrogens with one attached hydrogen (secondary N) is 2. The molecule has 3 aromatic carbocycles. The predicted molar refractivity (Wildman–Crippen MR) is 123 cm³/mol. The molecule has 4 rings (SSSR count). The summed E-state index contributed by atoms with van der Waals surface area (Å²) in [6.07, 6.45) is 0. The Morgan fingerprint density at radius 2 is 1.81 bits per heavy atom. The van der Waals surface area contributed by atoms with Crippen molar-refractivity contribution in [1.82, 2.24) is 20.1 Å². The van der Waals surface area contributed by atoms with E-state index in [0.29, 0.717) is 35.9 Å². The van der Waals surface area contributed by atoms with E-state index < -0.39 is 0 Å². The molecule has 0 fully saturated rings. The number of H-pyrrole nitrogens is 1. The lowest BCUT2D eigenvalue weighted by Crippen LogP contribution is -2.23. The number of para-hydroxylation sites is 1. The van der Waals surface area contributed by atoms with Crippen LogP contribution in [0.25, 0.3) is 17.1 Å². The second kappa shape index (κ2) is 9.34. The molecule has 0 bridgehead atoms. The van der Waals surface area contributed by atoms with Crippen LogP contribution in [0.15, 0.2) is 77.6 Å². The number of hydrogen-bond donors (Lipinski definition) is 2. The van der Waals surface area contributed by atoms with Gasteiger partial charge in [-0.3, -0.25) is 4.79 Å². The molecule has 7 nitrogen and oxygen atoms in total. The van der Waals surface area contributed by atoms with Gasteiger partial charge in [-0.2, -0.15) is 5.10 Å². The first kappa shape index (κ1) is 21.1. The summed E-state index contributed by atoms with van der Waals surface area (Å²) in [5.74, 6) is 0.631. The fourth-order valence-corrected chi connectivity index (χ4v) is 3.53. The third kappa shape index (κ3) is 4.32. The molecule has 1 aromatic heterocycles. The molecule has 32 heavy (non-hydrogen) atoms. The van der Waals surface area contributed by atoms with E-state index in [1.54, 1.807) is 18.2 Å². The lowest BCUT2D eigenvalue weighted by Gasteiger charge is -2.13. The number of aromatic nitrogens is 3. The van der Waals surface area contributed by atoms with Crippen LogP contribution in [0.5, 0.6) is 5.75 Å². The molecular formula is C25H24N4O3. The molecular weight excluding hydrogens is 404 g/mol. The van der Waals surface area contributed by atoms with Crippen molar-refractivity contribution < 1.29 is 9.53 Å². The van der Waals surface area contributed by atoms with Crippen LogP contribution in [-0.2, 0) is 6.54 Å². The smallest absolute Gasteiger partial charge is 0.348 e. The van der Waals surface area contributed by atoms with Gasteiger partial charge in [0.2, 0.25) is 0 Å². The third-order valence-corrected chi connectivity index (χ3v) is 5.11. The summed E-state index contributed by atoms with van der Waals surface area (Å²) >= 11 is 0. The highest BCUT2D eigenvalue weighted by Gasteiger charge is 2.19. The quantitative estimate of drug-likeness (QED) is 0.468. The fraction of sp³-hybridized carbons (Fsp3) is 0.160. The molecule has 4 aromatic rings. The molecule has 1 amide bonds. The number of aromatic amines is 1. The summed E-state index contributed by atoms with van der Waals surface area (Å²) in [5, 5.41) is 9.69. The first-order chi connectivity index (χ1) is 15.6. The van der Waals surface area contributed by atoms with Crippen LogP contribution in [0.4, 0.5) is 0 Å². The molecule has 0 aliphatic heterocycles. The Labute approximate surface area is 185 Å². The van der Waals surface area contributed by atoms with Crippen molar-refractivity contribution in [2.24, 2.45) is 0 Å². The molecule has 7 heteroatoms. The fourth-order valence-electron chi connectivity index (χ4n) is 3.53. The van der Waals surface area contributed by atoms with Crippen LogP contribution in [0.2, 0.25) is 0 Å². The number of aryl methyl sites for hydroxylation is 1. The Balaban J connectivity index is 1.72. The van der Waals surface area contributed by atoms with Gasteiger partial charge in [-0.1, -0.05) is 48.5 Å². The monoisotopic (exact) mass is 428 g/mol. The maximum Gasteiger partial charge on any atom is 0.348 e. The van der Waals surface area contributed by atoms with E-state index in [4.69, 9.17) is 4.74 Å². The van der Waals surface area contributed by atoms with E-state index in [2.05, 4.69) is 15.5 Å². The second-order valence-corrected chi connectivity index (χ2v) is 7.29. The summed E-state index contributed by atoms with van der Waals surface area (Å²) in [5.41, 5.74) is 3.31. The Morgan fingerprint density at radius 3 is 2.56 bits per heavy atom. The summed E-state index contributed by atoms with van der Waals surface area (Å²) in [6.45, 7) is 4.61. The molecule has 0 aliphatic rings. The number of ether oxygens (including phenoxy) is 1. The third-order valence-electron chi connectivity index (χ3n) is 5.11. The van der Waals surface area contributed by atoms with Gasteiger partial charge in [0.05, 0.1) is 17.9 Å². The predicted octanol–water partition coefficient (Wildman–Crippen LogP) is 3.86. The topological polar surface area (TPSA) is 89.0 Å². The van der Waals surface area contributed by atoms with Gasteiger partial charge in [0.25, 0.3) is 5.91 Å². The number of nitrogens with zero attached hydrogens (tertiary/aromatic N) is 2. The highest BCUT2D eigenvalue weighted by Crippen LogP contribution is 2.27. The zero-order valence-electron chi connectivity index (χ0n) is 18.0. The zero-order chi connectivity index (χ0) is 22.5. The lowest BCUT2D eigenvalue weighted by atomic mass is 10.1. The van der Waals surface area contributed by atoms with E-state index in [-0.39, 0.29) is 11.6 Å².